The first-order chi connectivity index (χ1) is 6.36. The first-order valence-corrected chi connectivity index (χ1v) is 6.01. The number of hydrogen-bond donors (Lipinski definition) is 1. The van der Waals surface area contributed by atoms with E-state index in [9.17, 15) is 13.2 Å². The molecule has 0 fully saturated rings. The van der Waals surface area contributed by atoms with E-state index < -0.39 is 16.0 Å². The van der Waals surface area contributed by atoms with E-state index in [0.29, 0.717) is 11.3 Å². The number of carbonyl (C=O) groups excluding carboxylic acids is 1. The van der Waals surface area contributed by atoms with E-state index in [-0.39, 0.29) is 14.1 Å². The highest BCUT2D eigenvalue weighted by Gasteiger charge is 2.20. The Labute approximate surface area is 89.5 Å². The van der Waals surface area contributed by atoms with Gasteiger partial charge in [0, 0.05) is 0 Å². The predicted molar refractivity (Wildman–Crippen MR) is 52.0 cm³/mol. The minimum absolute atomic E-state index is 0.0714. The van der Waals surface area contributed by atoms with Crippen molar-refractivity contribution >= 4 is 38.9 Å². The van der Waals surface area contributed by atoms with Crippen LogP contribution in [-0.2, 0) is 14.8 Å². The second-order valence-corrected chi connectivity index (χ2v) is 5.50. The zero-order chi connectivity index (χ0) is 10.9. The number of primary sulfonamides is 1. The van der Waals surface area contributed by atoms with Crippen LogP contribution in [0.4, 0.5) is 0 Å². The van der Waals surface area contributed by atoms with Gasteiger partial charge in [-0.3, -0.25) is 0 Å². The Balaban J connectivity index is 3.25. The maximum absolute atomic E-state index is 11.0. The van der Waals surface area contributed by atoms with Gasteiger partial charge < -0.3 is 4.74 Å². The van der Waals surface area contributed by atoms with Crippen LogP contribution in [0.15, 0.2) is 10.3 Å². The van der Waals surface area contributed by atoms with Crippen molar-refractivity contribution in [3.8, 4) is 0 Å². The van der Waals surface area contributed by atoms with Crippen molar-refractivity contribution in [1.82, 2.24) is 0 Å². The summed E-state index contributed by atoms with van der Waals surface area (Å²) in [5.74, 6) is -0.646. The molecule has 0 spiro atoms. The number of hydrogen-bond acceptors (Lipinski definition) is 5. The molecule has 0 amide bonds. The molecule has 1 heterocycles. The predicted octanol–water partition coefficient (Wildman–Crippen LogP) is 0.836. The topological polar surface area (TPSA) is 86.5 Å². The van der Waals surface area contributed by atoms with Gasteiger partial charge in [-0.1, -0.05) is 11.6 Å². The number of esters is 1. The number of nitrogens with two attached hydrogens (primary N) is 1. The lowest BCUT2D eigenvalue weighted by Crippen LogP contribution is -2.10. The van der Waals surface area contributed by atoms with E-state index in [4.69, 9.17) is 16.7 Å². The maximum Gasteiger partial charge on any atom is 0.348 e. The molecule has 1 aromatic heterocycles. The summed E-state index contributed by atoms with van der Waals surface area (Å²) >= 11 is 6.25. The highest BCUT2D eigenvalue weighted by molar-refractivity contribution is 7.91. The number of thiophene rings is 1. The number of rotatable bonds is 2. The fourth-order valence-electron chi connectivity index (χ4n) is 0.747. The summed E-state index contributed by atoms with van der Waals surface area (Å²) in [5.41, 5.74) is 0. The Hall–Kier alpha value is -0.630. The quantitative estimate of drug-likeness (QED) is 0.794. The average Bonchev–Trinajstić information content (AvgIpc) is 2.45. The molecule has 0 aliphatic carbocycles. The Bertz CT molecular complexity index is 464. The molecule has 0 atom stereocenters. The second-order valence-electron chi connectivity index (χ2n) is 2.28. The monoisotopic (exact) mass is 255 g/mol. The minimum Gasteiger partial charge on any atom is -0.465 e. The van der Waals surface area contributed by atoms with Crippen LogP contribution in [0.1, 0.15) is 9.67 Å². The molecule has 0 radical (unpaired) electrons. The lowest BCUT2D eigenvalue weighted by molar-refractivity contribution is 0.0606. The van der Waals surface area contributed by atoms with Crippen LogP contribution in [0.25, 0.3) is 0 Å². The third-order valence-electron chi connectivity index (χ3n) is 1.30. The highest BCUT2D eigenvalue weighted by Crippen LogP contribution is 2.30. The summed E-state index contributed by atoms with van der Waals surface area (Å²) in [6, 6.07) is 1.21. The van der Waals surface area contributed by atoms with Crippen molar-refractivity contribution in [1.29, 1.82) is 0 Å². The number of methoxy groups -OCH3 is 1. The Morgan fingerprint density at radius 1 is 1.64 bits per heavy atom. The average molecular weight is 256 g/mol. The summed E-state index contributed by atoms with van der Waals surface area (Å²) in [4.78, 5) is 11.1. The molecule has 0 saturated carbocycles. The van der Waals surface area contributed by atoms with Gasteiger partial charge in [-0.2, -0.15) is 0 Å². The van der Waals surface area contributed by atoms with E-state index in [0.717, 1.165) is 0 Å². The third-order valence-corrected chi connectivity index (χ3v) is 4.42. The zero-order valence-electron chi connectivity index (χ0n) is 6.98. The van der Waals surface area contributed by atoms with Crippen molar-refractivity contribution in [2.75, 3.05) is 7.11 Å². The van der Waals surface area contributed by atoms with Gasteiger partial charge in [0.1, 0.15) is 4.88 Å². The van der Waals surface area contributed by atoms with Gasteiger partial charge in [0.05, 0.1) is 12.1 Å². The Morgan fingerprint density at radius 2 is 2.21 bits per heavy atom. The van der Waals surface area contributed by atoms with Crippen LogP contribution in [0, 0.1) is 0 Å². The van der Waals surface area contributed by atoms with Gasteiger partial charge in [-0.25, -0.2) is 18.4 Å². The van der Waals surface area contributed by atoms with Gasteiger partial charge in [0.2, 0.25) is 10.0 Å². The molecule has 0 saturated heterocycles. The SMILES string of the molecule is COC(=O)c1cc(Cl)c(S(N)(=O)=O)s1. The molecule has 8 heteroatoms. The van der Waals surface area contributed by atoms with E-state index in [1.54, 1.807) is 0 Å². The van der Waals surface area contributed by atoms with Crippen LogP contribution in [0.2, 0.25) is 5.02 Å². The molecule has 78 valence electrons. The van der Waals surface area contributed by atoms with Crippen molar-refractivity contribution in [2.45, 2.75) is 4.21 Å². The number of sulfonamides is 1. The van der Waals surface area contributed by atoms with Crippen molar-refractivity contribution in [3.05, 3.63) is 16.0 Å². The molecule has 5 nitrogen and oxygen atoms in total. The molecule has 0 bridgehead atoms. The molecule has 0 unspecified atom stereocenters. The van der Waals surface area contributed by atoms with Crippen LogP contribution in [-0.4, -0.2) is 21.5 Å². The van der Waals surface area contributed by atoms with Crippen molar-refractivity contribution in [3.63, 3.8) is 0 Å². The summed E-state index contributed by atoms with van der Waals surface area (Å²) in [6.45, 7) is 0. The highest BCUT2D eigenvalue weighted by atomic mass is 35.5. The van der Waals surface area contributed by atoms with Crippen LogP contribution < -0.4 is 5.14 Å². The number of ether oxygens (including phenoxy) is 1. The fraction of sp³-hybridized carbons (Fsp3) is 0.167. The standard InChI is InChI=1S/C6H6ClNO4S2/c1-12-5(9)4-2-3(7)6(13-4)14(8,10)11/h2H,1H3,(H2,8,10,11). The lowest BCUT2D eigenvalue weighted by atomic mass is 10.5. The molecular formula is C6H6ClNO4S2. The molecule has 0 aromatic carbocycles. The van der Waals surface area contributed by atoms with Gasteiger partial charge in [-0.15, -0.1) is 11.3 Å². The summed E-state index contributed by atoms with van der Waals surface area (Å²) in [5, 5.41) is 4.79. The van der Waals surface area contributed by atoms with Crippen LogP contribution in [0.3, 0.4) is 0 Å². The molecular weight excluding hydrogens is 250 g/mol. The third kappa shape index (κ3) is 2.24. The Kier molecular flexibility index (Phi) is 3.15. The smallest absolute Gasteiger partial charge is 0.348 e. The summed E-state index contributed by atoms with van der Waals surface area (Å²) in [7, 11) is -2.69. The van der Waals surface area contributed by atoms with Gasteiger partial charge >= 0.3 is 5.97 Å². The van der Waals surface area contributed by atoms with Gasteiger partial charge in [-0.05, 0) is 6.07 Å². The zero-order valence-corrected chi connectivity index (χ0v) is 9.37. The largest absolute Gasteiger partial charge is 0.465 e. The number of carbonyl (C=O) groups is 1. The molecule has 0 aliphatic rings. The molecule has 1 aromatic rings. The summed E-state index contributed by atoms with van der Waals surface area (Å²) in [6.07, 6.45) is 0. The maximum atomic E-state index is 11.0. The first-order valence-electron chi connectivity index (χ1n) is 3.26. The lowest BCUT2D eigenvalue weighted by Gasteiger charge is -1.92. The van der Waals surface area contributed by atoms with Crippen molar-refractivity contribution < 1.29 is 17.9 Å². The minimum atomic E-state index is -3.88. The van der Waals surface area contributed by atoms with Crippen molar-refractivity contribution in [2.24, 2.45) is 5.14 Å². The molecule has 1 rings (SSSR count). The van der Waals surface area contributed by atoms with Gasteiger partial charge in [0.25, 0.3) is 0 Å². The Morgan fingerprint density at radius 3 is 2.57 bits per heavy atom. The van der Waals surface area contributed by atoms with E-state index in [1.165, 1.54) is 13.2 Å². The van der Waals surface area contributed by atoms with E-state index in [1.807, 2.05) is 0 Å². The molecule has 0 aliphatic heterocycles. The second kappa shape index (κ2) is 3.85. The van der Waals surface area contributed by atoms with E-state index in [2.05, 4.69) is 4.74 Å². The molecule has 14 heavy (non-hydrogen) atoms. The summed E-state index contributed by atoms with van der Waals surface area (Å²) < 4.78 is 26.0. The van der Waals surface area contributed by atoms with Gasteiger partial charge in [0.15, 0.2) is 4.21 Å². The number of halogens is 1. The van der Waals surface area contributed by atoms with E-state index >= 15 is 0 Å². The van der Waals surface area contributed by atoms with Crippen LogP contribution >= 0.6 is 22.9 Å². The first kappa shape index (κ1) is 11.4. The normalized spacial score (nSPS) is 11.4. The van der Waals surface area contributed by atoms with Crippen LogP contribution in [0.5, 0.6) is 0 Å². The molecule has 2 N–H and O–H groups in total. The fourth-order valence-corrected chi connectivity index (χ4v) is 3.12.